The lowest BCUT2D eigenvalue weighted by atomic mass is 10.2. The number of hydrogen-bond acceptors (Lipinski definition) is 4. The second-order valence-corrected chi connectivity index (χ2v) is 7.08. The van der Waals surface area contributed by atoms with E-state index >= 15 is 0 Å². The Morgan fingerprint density at radius 2 is 2.10 bits per heavy atom. The first-order valence-corrected chi connectivity index (χ1v) is 8.48. The number of hydrogen-bond donors (Lipinski definition) is 3. The molecule has 21 heavy (non-hydrogen) atoms. The van der Waals surface area contributed by atoms with Crippen LogP contribution in [0.25, 0.3) is 0 Å². The van der Waals surface area contributed by atoms with Crippen molar-refractivity contribution < 1.29 is 13.2 Å². The molecule has 0 heterocycles. The minimum absolute atomic E-state index is 0.0288. The standard InChI is InChI=1S/C14H21N3O3S/c1-10(15-2)9-16-21(19,20)13-5-3-4-11(8-13)14(18)17-12-6-7-12/h3-5,8,10,12,15-16H,6-7,9H2,1-2H3,(H,17,18). The summed E-state index contributed by atoms with van der Waals surface area (Å²) >= 11 is 0. The minimum Gasteiger partial charge on any atom is -0.349 e. The van der Waals surface area contributed by atoms with E-state index in [2.05, 4.69) is 15.4 Å². The maximum Gasteiger partial charge on any atom is 0.251 e. The van der Waals surface area contributed by atoms with Crippen molar-refractivity contribution in [2.24, 2.45) is 0 Å². The molecule has 1 aromatic carbocycles. The van der Waals surface area contributed by atoms with Gasteiger partial charge < -0.3 is 10.6 Å². The lowest BCUT2D eigenvalue weighted by molar-refractivity contribution is 0.0951. The van der Waals surface area contributed by atoms with Gasteiger partial charge in [0, 0.05) is 24.2 Å². The molecular weight excluding hydrogens is 290 g/mol. The molecule has 0 spiro atoms. The van der Waals surface area contributed by atoms with Crippen LogP contribution >= 0.6 is 0 Å². The molecule has 1 aliphatic carbocycles. The Bertz CT molecular complexity index is 612. The van der Waals surface area contributed by atoms with E-state index in [-0.39, 0.29) is 29.4 Å². The van der Waals surface area contributed by atoms with Crippen LogP contribution in [-0.4, -0.2) is 40.0 Å². The van der Waals surface area contributed by atoms with E-state index in [1.807, 2.05) is 6.92 Å². The topological polar surface area (TPSA) is 87.3 Å². The first kappa shape index (κ1) is 15.9. The first-order chi connectivity index (χ1) is 9.92. The Hall–Kier alpha value is -1.44. The molecule has 0 aromatic heterocycles. The van der Waals surface area contributed by atoms with Gasteiger partial charge in [0.1, 0.15) is 0 Å². The van der Waals surface area contributed by atoms with Gasteiger partial charge in [0.25, 0.3) is 5.91 Å². The van der Waals surface area contributed by atoms with Crippen LogP contribution in [0.4, 0.5) is 0 Å². The lowest BCUT2D eigenvalue weighted by Crippen LogP contribution is -2.37. The minimum atomic E-state index is -3.60. The fraction of sp³-hybridized carbons (Fsp3) is 0.500. The predicted molar refractivity (Wildman–Crippen MR) is 80.6 cm³/mol. The number of sulfonamides is 1. The lowest BCUT2D eigenvalue weighted by Gasteiger charge is -2.12. The molecule has 1 amide bonds. The molecule has 1 atom stereocenters. The fourth-order valence-corrected chi connectivity index (χ4v) is 2.90. The summed E-state index contributed by atoms with van der Waals surface area (Å²) in [6, 6.07) is 6.36. The van der Waals surface area contributed by atoms with E-state index in [4.69, 9.17) is 0 Å². The Balaban J connectivity index is 2.09. The molecule has 0 saturated heterocycles. The summed E-state index contributed by atoms with van der Waals surface area (Å²) < 4.78 is 26.9. The summed E-state index contributed by atoms with van der Waals surface area (Å²) in [4.78, 5) is 12.1. The zero-order valence-corrected chi connectivity index (χ0v) is 13.0. The van der Waals surface area contributed by atoms with Crippen LogP contribution in [-0.2, 0) is 10.0 Å². The summed E-state index contributed by atoms with van der Waals surface area (Å²) in [6.45, 7) is 2.17. The smallest absolute Gasteiger partial charge is 0.251 e. The van der Waals surface area contributed by atoms with Crippen LogP contribution in [0.2, 0.25) is 0 Å². The van der Waals surface area contributed by atoms with E-state index in [0.29, 0.717) is 5.56 Å². The molecule has 1 unspecified atom stereocenters. The van der Waals surface area contributed by atoms with Crippen molar-refractivity contribution >= 4 is 15.9 Å². The Kier molecular flexibility index (Phi) is 4.97. The van der Waals surface area contributed by atoms with Crippen molar-refractivity contribution in [3.8, 4) is 0 Å². The largest absolute Gasteiger partial charge is 0.349 e. The second-order valence-electron chi connectivity index (χ2n) is 5.32. The molecular formula is C14H21N3O3S. The van der Waals surface area contributed by atoms with Crippen LogP contribution in [0.1, 0.15) is 30.1 Å². The van der Waals surface area contributed by atoms with Crippen molar-refractivity contribution in [2.45, 2.75) is 36.7 Å². The molecule has 0 aliphatic heterocycles. The molecule has 1 saturated carbocycles. The molecule has 1 aromatic rings. The third-order valence-electron chi connectivity index (χ3n) is 3.39. The Morgan fingerprint density at radius 3 is 2.71 bits per heavy atom. The molecule has 2 rings (SSSR count). The van der Waals surface area contributed by atoms with Crippen molar-refractivity contribution in [2.75, 3.05) is 13.6 Å². The van der Waals surface area contributed by atoms with Crippen molar-refractivity contribution in [1.82, 2.24) is 15.4 Å². The van der Waals surface area contributed by atoms with Gasteiger partial charge in [0.2, 0.25) is 10.0 Å². The SMILES string of the molecule is CNC(C)CNS(=O)(=O)c1cccc(C(=O)NC2CC2)c1. The Morgan fingerprint density at radius 1 is 1.38 bits per heavy atom. The summed E-state index contributed by atoms with van der Waals surface area (Å²) in [5.41, 5.74) is 0.367. The van der Waals surface area contributed by atoms with Gasteiger partial charge in [-0.05, 0) is 45.0 Å². The summed E-state index contributed by atoms with van der Waals surface area (Å²) in [7, 11) is -1.84. The summed E-state index contributed by atoms with van der Waals surface area (Å²) in [6.07, 6.45) is 1.99. The van der Waals surface area contributed by atoms with E-state index in [9.17, 15) is 13.2 Å². The maximum atomic E-state index is 12.2. The number of carbonyl (C=O) groups excluding carboxylic acids is 1. The van der Waals surface area contributed by atoms with Gasteiger partial charge in [-0.25, -0.2) is 13.1 Å². The van der Waals surface area contributed by atoms with Crippen LogP contribution in [0, 0.1) is 0 Å². The summed E-state index contributed by atoms with van der Waals surface area (Å²) in [5, 5.41) is 5.80. The Labute approximate surface area is 125 Å². The summed E-state index contributed by atoms with van der Waals surface area (Å²) in [5.74, 6) is -0.224. The first-order valence-electron chi connectivity index (χ1n) is 7.00. The van der Waals surface area contributed by atoms with Gasteiger partial charge in [0.15, 0.2) is 0 Å². The third-order valence-corrected chi connectivity index (χ3v) is 4.81. The van der Waals surface area contributed by atoms with Crippen molar-refractivity contribution in [3.05, 3.63) is 29.8 Å². The normalized spacial score (nSPS) is 16.5. The van der Waals surface area contributed by atoms with Crippen LogP contribution < -0.4 is 15.4 Å². The average molecular weight is 311 g/mol. The van der Waals surface area contributed by atoms with Crippen molar-refractivity contribution in [3.63, 3.8) is 0 Å². The third kappa shape index (κ3) is 4.52. The molecule has 116 valence electrons. The number of benzene rings is 1. The maximum absolute atomic E-state index is 12.2. The molecule has 1 aliphatic rings. The molecule has 7 heteroatoms. The van der Waals surface area contributed by atoms with E-state index in [1.165, 1.54) is 12.1 Å². The van der Waals surface area contributed by atoms with Gasteiger partial charge >= 0.3 is 0 Å². The number of carbonyl (C=O) groups is 1. The van der Waals surface area contributed by atoms with Crippen LogP contribution in [0.5, 0.6) is 0 Å². The molecule has 1 fully saturated rings. The molecule has 6 nitrogen and oxygen atoms in total. The average Bonchev–Trinajstić information content (AvgIpc) is 3.29. The van der Waals surface area contributed by atoms with Crippen LogP contribution in [0.3, 0.4) is 0 Å². The van der Waals surface area contributed by atoms with Gasteiger partial charge in [-0.3, -0.25) is 4.79 Å². The zero-order chi connectivity index (χ0) is 15.5. The predicted octanol–water partition coefficient (Wildman–Crippen LogP) is 0.465. The van der Waals surface area contributed by atoms with Crippen LogP contribution in [0.15, 0.2) is 29.2 Å². The highest BCUT2D eigenvalue weighted by atomic mass is 32.2. The zero-order valence-electron chi connectivity index (χ0n) is 12.2. The number of nitrogens with one attached hydrogen (secondary N) is 3. The highest BCUT2D eigenvalue weighted by molar-refractivity contribution is 7.89. The van der Waals surface area contributed by atoms with Gasteiger partial charge in [-0.15, -0.1) is 0 Å². The van der Waals surface area contributed by atoms with E-state index in [0.717, 1.165) is 12.8 Å². The van der Waals surface area contributed by atoms with E-state index < -0.39 is 10.0 Å². The highest BCUT2D eigenvalue weighted by Crippen LogP contribution is 2.20. The second kappa shape index (κ2) is 6.55. The van der Waals surface area contributed by atoms with Gasteiger partial charge in [-0.1, -0.05) is 6.07 Å². The quantitative estimate of drug-likeness (QED) is 0.683. The van der Waals surface area contributed by atoms with Gasteiger partial charge in [0.05, 0.1) is 4.90 Å². The molecule has 3 N–H and O–H groups in total. The number of likely N-dealkylation sites (N-methyl/N-ethyl adjacent to an activating group) is 1. The van der Waals surface area contributed by atoms with Crippen molar-refractivity contribution in [1.29, 1.82) is 0 Å². The number of rotatable bonds is 7. The van der Waals surface area contributed by atoms with Gasteiger partial charge in [-0.2, -0.15) is 0 Å². The molecule has 0 radical (unpaired) electrons. The molecule has 0 bridgehead atoms. The monoisotopic (exact) mass is 311 g/mol. The fourth-order valence-electron chi connectivity index (χ4n) is 1.72. The highest BCUT2D eigenvalue weighted by Gasteiger charge is 2.24. The number of amides is 1. The van der Waals surface area contributed by atoms with E-state index in [1.54, 1.807) is 19.2 Å².